The minimum atomic E-state index is -0.681. The van der Waals surface area contributed by atoms with Gasteiger partial charge >= 0.3 is 0 Å². The highest BCUT2D eigenvalue weighted by atomic mass is 19.1. The van der Waals surface area contributed by atoms with E-state index in [1.54, 1.807) is 13.8 Å². The summed E-state index contributed by atoms with van der Waals surface area (Å²) >= 11 is 0. The molecule has 0 radical (unpaired) electrons. The number of hydrogen-bond acceptors (Lipinski definition) is 3. The molecule has 0 atom stereocenters. The molecule has 0 aliphatic carbocycles. The lowest BCUT2D eigenvalue weighted by Gasteiger charge is -2.18. The fourth-order valence-electron chi connectivity index (χ4n) is 2.07. The molecule has 0 bridgehead atoms. The van der Waals surface area contributed by atoms with E-state index in [0.717, 1.165) is 4.90 Å². The van der Waals surface area contributed by atoms with Crippen molar-refractivity contribution in [2.75, 3.05) is 5.73 Å². The first kappa shape index (κ1) is 12.5. The van der Waals surface area contributed by atoms with Crippen LogP contribution in [0.1, 0.15) is 25.8 Å². The van der Waals surface area contributed by atoms with Crippen LogP contribution in [-0.2, 0) is 16.1 Å². The molecule has 2 rings (SSSR count). The summed E-state index contributed by atoms with van der Waals surface area (Å²) in [6, 6.07) is 3.93. The number of nitrogens with zero attached hydrogens (tertiary/aromatic N) is 1. The van der Waals surface area contributed by atoms with Gasteiger partial charge in [0.05, 0.1) is 12.0 Å². The number of carbonyl (C=O) groups is 2. The zero-order valence-corrected chi connectivity index (χ0v) is 10.4. The predicted octanol–water partition coefficient (Wildman–Crippen LogP) is 1.69. The van der Waals surface area contributed by atoms with Gasteiger partial charge in [-0.15, -0.1) is 0 Å². The molecule has 1 aromatic rings. The Hall–Kier alpha value is -1.91. The van der Waals surface area contributed by atoms with Crippen molar-refractivity contribution in [3.05, 3.63) is 29.6 Å². The summed E-state index contributed by atoms with van der Waals surface area (Å²) in [5, 5.41) is 0. The molecule has 1 aliphatic rings. The third-order valence-electron chi connectivity index (χ3n) is 3.15. The summed E-state index contributed by atoms with van der Waals surface area (Å²) in [4.78, 5) is 24.9. The van der Waals surface area contributed by atoms with Gasteiger partial charge in [-0.3, -0.25) is 14.5 Å². The fraction of sp³-hybridized carbons (Fsp3) is 0.385. The lowest BCUT2D eigenvalue weighted by Crippen LogP contribution is -2.32. The quantitative estimate of drug-likeness (QED) is 0.641. The second-order valence-electron chi connectivity index (χ2n) is 5.19. The lowest BCUT2D eigenvalue weighted by atomic mass is 9.92. The monoisotopic (exact) mass is 250 g/mol. The van der Waals surface area contributed by atoms with E-state index < -0.39 is 11.2 Å². The van der Waals surface area contributed by atoms with E-state index in [0.29, 0.717) is 11.3 Å². The van der Waals surface area contributed by atoms with Crippen LogP contribution in [0.15, 0.2) is 18.2 Å². The van der Waals surface area contributed by atoms with Crippen molar-refractivity contribution in [3.63, 3.8) is 0 Å². The minimum Gasteiger partial charge on any atom is -0.398 e. The Morgan fingerprint density at radius 2 is 2.06 bits per heavy atom. The Bertz CT molecular complexity index is 526. The maximum absolute atomic E-state index is 13.1. The number of benzene rings is 1. The largest absolute Gasteiger partial charge is 0.398 e. The highest BCUT2D eigenvalue weighted by molar-refractivity contribution is 6.05. The first-order chi connectivity index (χ1) is 8.31. The van der Waals surface area contributed by atoms with Crippen molar-refractivity contribution in [2.24, 2.45) is 5.41 Å². The molecule has 18 heavy (non-hydrogen) atoms. The van der Waals surface area contributed by atoms with Crippen molar-refractivity contribution in [3.8, 4) is 0 Å². The van der Waals surface area contributed by atoms with Gasteiger partial charge in [-0.2, -0.15) is 0 Å². The van der Waals surface area contributed by atoms with Gasteiger partial charge in [0.1, 0.15) is 5.82 Å². The van der Waals surface area contributed by atoms with Gasteiger partial charge in [-0.05, 0) is 23.8 Å². The molecule has 1 fully saturated rings. The smallest absolute Gasteiger partial charge is 0.235 e. The molecule has 5 heteroatoms. The Kier molecular flexibility index (Phi) is 2.84. The van der Waals surface area contributed by atoms with Crippen LogP contribution in [0.2, 0.25) is 0 Å². The minimum absolute atomic E-state index is 0.0324. The molecule has 1 heterocycles. The normalized spacial score (nSPS) is 18.5. The summed E-state index contributed by atoms with van der Waals surface area (Å²) in [6.45, 7) is 3.48. The van der Waals surface area contributed by atoms with Crippen LogP contribution in [0.3, 0.4) is 0 Å². The summed E-state index contributed by atoms with van der Waals surface area (Å²) in [5.74, 6) is -0.914. The van der Waals surface area contributed by atoms with Crippen LogP contribution in [0, 0.1) is 11.2 Å². The summed E-state index contributed by atoms with van der Waals surface area (Å²) in [5.41, 5.74) is 5.86. The summed E-state index contributed by atoms with van der Waals surface area (Å²) in [6.07, 6.45) is 0.182. The van der Waals surface area contributed by atoms with Gasteiger partial charge in [-0.25, -0.2) is 4.39 Å². The molecule has 2 amide bonds. The van der Waals surface area contributed by atoms with Gasteiger partial charge in [0.15, 0.2) is 0 Å². The average Bonchev–Trinajstić information content (AvgIpc) is 2.46. The Morgan fingerprint density at radius 3 is 2.61 bits per heavy atom. The Morgan fingerprint density at radius 1 is 1.39 bits per heavy atom. The molecule has 0 unspecified atom stereocenters. The summed E-state index contributed by atoms with van der Waals surface area (Å²) < 4.78 is 13.1. The number of nitrogen functional groups attached to an aromatic ring is 1. The van der Waals surface area contributed by atoms with Crippen LogP contribution < -0.4 is 5.73 Å². The van der Waals surface area contributed by atoms with Crippen LogP contribution in [-0.4, -0.2) is 16.7 Å². The molecule has 1 saturated heterocycles. The zero-order chi connectivity index (χ0) is 13.5. The molecule has 96 valence electrons. The first-order valence-corrected chi connectivity index (χ1v) is 5.70. The standard InChI is InChI=1S/C13H15FN2O2/c1-13(2)6-11(17)16(12(13)18)7-8-5-9(14)3-4-10(8)15/h3-5H,6-7,15H2,1-2H3. The van der Waals surface area contributed by atoms with Crippen molar-refractivity contribution >= 4 is 17.5 Å². The van der Waals surface area contributed by atoms with Crippen molar-refractivity contribution < 1.29 is 14.0 Å². The maximum Gasteiger partial charge on any atom is 0.235 e. The lowest BCUT2D eigenvalue weighted by molar-refractivity contribution is -0.141. The van der Waals surface area contributed by atoms with Gasteiger partial charge in [0, 0.05) is 12.1 Å². The second-order valence-corrected chi connectivity index (χ2v) is 5.19. The number of carbonyl (C=O) groups excluding carboxylic acids is 2. The molecule has 2 N–H and O–H groups in total. The average molecular weight is 250 g/mol. The molecule has 0 saturated carbocycles. The van der Waals surface area contributed by atoms with Gasteiger partial charge < -0.3 is 5.73 Å². The number of imide groups is 1. The van der Waals surface area contributed by atoms with Crippen LogP contribution in [0.4, 0.5) is 10.1 Å². The topological polar surface area (TPSA) is 63.4 Å². The number of nitrogens with two attached hydrogens (primary N) is 1. The number of amides is 2. The van der Waals surface area contributed by atoms with E-state index in [1.807, 2.05) is 0 Å². The number of rotatable bonds is 2. The molecule has 0 spiro atoms. The van der Waals surface area contributed by atoms with E-state index in [-0.39, 0.29) is 24.8 Å². The number of anilines is 1. The van der Waals surface area contributed by atoms with E-state index in [1.165, 1.54) is 18.2 Å². The molecule has 4 nitrogen and oxygen atoms in total. The molecule has 1 aromatic carbocycles. The first-order valence-electron chi connectivity index (χ1n) is 5.70. The highest BCUT2D eigenvalue weighted by Crippen LogP contribution is 2.33. The maximum atomic E-state index is 13.1. The van der Waals surface area contributed by atoms with E-state index in [9.17, 15) is 14.0 Å². The number of hydrogen-bond donors (Lipinski definition) is 1. The van der Waals surface area contributed by atoms with E-state index in [2.05, 4.69) is 0 Å². The number of halogens is 1. The van der Waals surface area contributed by atoms with Crippen LogP contribution in [0.5, 0.6) is 0 Å². The summed E-state index contributed by atoms with van der Waals surface area (Å²) in [7, 11) is 0. The van der Waals surface area contributed by atoms with Gasteiger partial charge in [0.25, 0.3) is 0 Å². The molecule has 0 aromatic heterocycles. The fourth-order valence-corrected chi connectivity index (χ4v) is 2.07. The Labute approximate surface area is 105 Å². The SMILES string of the molecule is CC1(C)CC(=O)N(Cc2cc(F)ccc2N)C1=O. The molecular weight excluding hydrogens is 235 g/mol. The van der Waals surface area contributed by atoms with Crippen molar-refractivity contribution in [1.29, 1.82) is 0 Å². The second kappa shape index (κ2) is 4.08. The van der Waals surface area contributed by atoms with Gasteiger partial charge in [0.2, 0.25) is 11.8 Å². The van der Waals surface area contributed by atoms with Gasteiger partial charge in [-0.1, -0.05) is 13.8 Å². The Balaban J connectivity index is 2.27. The van der Waals surface area contributed by atoms with E-state index >= 15 is 0 Å². The zero-order valence-electron chi connectivity index (χ0n) is 10.4. The third kappa shape index (κ3) is 2.08. The molecular formula is C13H15FN2O2. The van der Waals surface area contributed by atoms with Crippen molar-refractivity contribution in [2.45, 2.75) is 26.8 Å². The third-order valence-corrected chi connectivity index (χ3v) is 3.15. The predicted molar refractivity (Wildman–Crippen MR) is 64.8 cm³/mol. The molecule has 1 aliphatic heterocycles. The van der Waals surface area contributed by atoms with E-state index in [4.69, 9.17) is 5.73 Å². The van der Waals surface area contributed by atoms with Crippen LogP contribution >= 0.6 is 0 Å². The highest BCUT2D eigenvalue weighted by Gasteiger charge is 2.44. The number of likely N-dealkylation sites (tertiary alicyclic amines) is 1. The van der Waals surface area contributed by atoms with Crippen LogP contribution in [0.25, 0.3) is 0 Å². The van der Waals surface area contributed by atoms with Crippen molar-refractivity contribution in [1.82, 2.24) is 4.90 Å².